The number of fused-ring (bicyclic) bond motifs is 1. The molecule has 0 aromatic carbocycles. The lowest BCUT2D eigenvalue weighted by Gasteiger charge is -2.48. The first-order valence-electron chi connectivity index (χ1n) is 11.5. The van der Waals surface area contributed by atoms with Gasteiger partial charge in [-0.3, -0.25) is 4.40 Å². The molecule has 0 spiro atoms. The summed E-state index contributed by atoms with van der Waals surface area (Å²) in [6.45, 7) is 9.60. The molecule has 9 nitrogen and oxygen atoms in total. The monoisotopic (exact) mass is 477 g/mol. The first-order chi connectivity index (χ1) is 16.5. The standard InChI is InChI=1S/C25H28FN7O2/c1-14-12-33-13-16(11-28-23(33)29-14)15-8-18(34)21(27-10-15)17-6-7-20(31-30-17)35-19-9-24(2,3)32-25(4,5)22(19)26/h6-8,10-13,19,22,32,34H,9H2,1-5H3/t19-,22-/m1/s1. The number of rotatable bonds is 4. The Bertz CT molecular complexity index is 1380. The molecule has 182 valence electrons. The zero-order valence-electron chi connectivity index (χ0n) is 20.3. The van der Waals surface area contributed by atoms with Crippen molar-refractivity contribution in [3.63, 3.8) is 0 Å². The third-order valence-electron chi connectivity index (χ3n) is 6.17. The molecule has 1 saturated heterocycles. The van der Waals surface area contributed by atoms with Crippen molar-refractivity contribution in [1.29, 1.82) is 0 Å². The molecule has 0 radical (unpaired) electrons. The number of ether oxygens (including phenoxy) is 1. The molecule has 0 aliphatic carbocycles. The van der Waals surface area contributed by atoms with E-state index >= 15 is 4.39 Å². The fourth-order valence-corrected chi connectivity index (χ4v) is 4.79. The molecule has 1 aliphatic rings. The maximum Gasteiger partial charge on any atom is 0.233 e. The van der Waals surface area contributed by atoms with Crippen molar-refractivity contribution in [2.75, 3.05) is 0 Å². The largest absolute Gasteiger partial charge is 0.506 e. The minimum atomic E-state index is -1.21. The van der Waals surface area contributed by atoms with Crippen molar-refractivity contribution in [3.05, 3.63) is 48.7 Å². The number of alkyl halides is 1. The van der Waals surface area contributed by atoms with Crippen LogP contribution in [0.3, 0.4) is 0 Å². The number of aryl methyl sites for hydroxylation is 1. The van der Waals surface area contributed by atoms with E-state index in [0.29, 0.717) is 23.5 Å². The van der Waals surface area contributed by atoms with Gasteiger partial charge in [0, 0.05) is 59.5 Å². The Labute approximate surface area is 202 Å². The van der Waals surface area contributed by atoms with Crippen LogP contribution < -0.4 is 10.1 Å². The predicted octanol–water partition coefficient (Wildman–Crippen LogP) is 3.90. The summed E-state index contributed by atoms with van der Waals surface area (Å²) in [4.78, 5) is 13.1. The third-order valence-corrected chi connectivity index (χ3v) is 6.17. The van der Waals surface area contributed by atoms with Gasteiger partial charge in [-0.1, -0.05) is 0 Å². The molecule has 0 bridgehead atoms. The van der Waals surface area contributed by atoms with Crippen molar-refractivity contribution < 1.29 is 14.2 Å². The number of aromatic hydroxyl groups is 1. The van der Waals surface area contributed by atoms with Crippen LogP contribution in [0.2, 0.25) is 0 Å². The molecule has 1 aliphatic heterocycles. The fourth-order valence-electron chi connectivity index (χ4n) is 4.79. The number of nitrogens with one attached hydrogen (secondary N) is 1. The highest BCUT2D eigenvalue weighted by atomic mass is 19.1. The van der Waals surface area contributed by atoms with E-state index in [4.69, 9.17) is 4.74 Å². The van der Waals surface area contributed by atoms with E-state index in [1.165, 1.54) is 0 Å². The van der Waals surface area contributed by atoms with Gasteiger partial charge in [0.25, 0.3) is 0 Å². The van der Waals surface area contributed by atoms with Crippen LogP contribution in [0.5, 0.6) is 11.6 Å². The summed E-state index contributed by atoms with van der Waals surface area (Å²) < 4.78 is 22.7. The molecule has 35 heavy (non-hydrogen) atoms. The lowest BCUT2D eigenvalue weighted by atomic mass is 9.79. The summed E-state index contributed by atoms with van der Waals surface area (Å²) >= 11 is 0. The second-order valence-corrected chi connectivity index (χ2v) is 10.3. The highest BCUT2D eigenvalue weighted by Crippen LogP contribution is 2.34. The predicted molar refractivity (Wildman–Crippen MR) is 129 cm³/mol. The minimum absolute atomic E-state index is 0.0435. The van der Waals surface area contributed by atoms with E-state index in [2.05, 4.69) is 30.5 Å². The van der Waals surface area contributed by atoms with E-state index in [1.807, 2.05) is 51.4 Å². The number of pyridine rings is 1. The Morgan fingerprint density at radius 1 is 1.09 bits per heavy atom. The first-order valence-corrected chi connectivity index (χ1v) is 11.5. The number of piperidine rings is 1. The summed E-state index contributed by atoms with van der Waals surface area (Å²) in [5.74, 6) is 0.785. The summed E-state index contributed by atoms with van der Waals surface area (Å²) in [5.41, 5.74) is 2.01. The molecule has 0 unspecified atom stereocenters. The average Bonchev–Trinajstić information content (AvgIpc) is 3.16. The Hall–Kier alpha value is -3.66. The Morgan fingerprint density at radius 3 is 2.57 bits per heavy atom. The van der Waals surface area contributed by atoms with Crippen LogP contribution in [0.1, 0.15) is 39.8 Å². The lowest BCUT2D eigenvalue weighted by molar-refractivity contribution is -0.0281. The van der Waals surface area contributed by atoms with Gasteiger partial charge in [0.15, 0.2) is 6.17 Å². The zero-order chi connectivity index (χ0) is 25.0. The van der Waals surface area contributed by atoms with Crippen LogP contribution in [-0.2, 0) is 0 Å². The summed E-state index contributed by atoms with van der Waals surface area (Å²) in [5, 5.41) is 22.2. The van der Waals surface area contributed by atoms with Gasteiger partial charge in [-0.2, -0.15) is 0 Å². The highest BCUT2D eigenvalue weighted by Gasteiger charge is 2.47. The van der Waals surface area contributed by atoms with Gasteiger partial charge < -0.3 is 15.2 Å². The lowest BCUT2D eigenvalue weighted by Crippen LogP contribution is -2.66. The summed E-state index contributed by atoms with van der Waals surface area (Å²) in [6, 6.07) is 4.87. The van der Waals surface area contributed by atoms with Crippen molar-refractivity contribution in [1.82, 2.24) is 34.9 Å². The maximum atomic E-state index is 15.0. The van der Waals surface area contributed by atoms with Gasteiger partial charge in [0.2, 0.25) is 11.7 Å². The molecular formula is C25H28FN7O2. The molecular weight excluding hydrogens is 449 g/mol. The van der Waals surface area contributed by atoms with Gasteiger partial charge in [0.05, 0.1) is 5.69 Å². The molecule has 2 N–H and O–H groups in total. The molecule has 4 aromatic rings. The van der Waals surface area contributed by atoms with Crippen molar-refractivity contribution >= 4 is 5.78 Å². The smallest absolute Gasteiger partial charge is 0.233 e. The summed E-state index contributed by atoms with van der Waals surface area (Å²) in [7, 11) is 0. The molecule has 10 heteroatoms. The quantitative estimate of drug-likeness (QED) is 0.455. The Kier molecular flexibility index (Phi) is 5.43. The average molecular weight is 478 g/mol. The van der Waals surface area contributed by atoms with Gasteiger partial charge in [-0.15, -0.1) is 10.2 Å². The fraction of sp³-hybridized carbons (Fsp3) is 0.400. The summed E-state index contributed by atoms with van der Waals surface area (Å²) in [6.07, 6.45) is 5.71. The SMILES string of the molecule is Cc1cn2cc(-c3cnc(-c4ccc(O[C@@H]5CC(C)(C)NC(C)(C)[C@@H]5F)nn4)c(O)c3)cnc2n1. The van der Waals surface area contributed by atoms with Crippen LogP contribution in [0.15, 0.2) is 43.0 Å². The van der Waals surface area contributed by atoms with E-state index in [0.717, 1.165) is 11.3 Å². The van der Waals surface area contributed by atoms with Crippen LogP contribution in [0.25, 0.3) is 28.3 Å². The van der Waals surface area contributed by atoms with E-state index < -0.39 is 17.8 Å². The van der Waals surface area contributed by atoms with Crippen LogP contribution in [0.4, 0.5) is 4.39 Å². The second kappa shape index (κ2) is 8.23. The number of hydrogen-bond donors (Lipinski definition) is 2. The van der Waals surface area contributed by atoms with Crippen molar-refractivity contribution in [2.45, 2.75) is 64.4 Å². The molecule has 2 atom stereocenters. The van der Waals surface area contributed by atoms with Gasteiger partial charge >= 0.3 is 0 Å². The molecule has 5 heterocycles. The minimum Gasteiger partial charge on any atom is -0.506 e. The van der Waals surface area contributed by atoms with E-state index in [9.17, 15) is 5.11 Å². The number of hydrogen-bond acceptors (Lipinski definition) is 8. The number of halogens is 1. The molecule has 5 rings (SSSR count). The zero-order valence-corrected chi connectivity index (χ0v) is 20.3. The third kappa shape index (κ3) is 4.53. The Morgan fingerprint density at radius 2 is 1.86 bits per heavy atom. The first kappa shape index (κ1) is 23.1. The van der Waals surface area contributed by atoms with Crippen LogP contribution >= 0.6 is 0 Å². The van der Waals surface area contributed by atoms with Gasteiger partial charge in [0.1, 0.15) is 23.2 Å². The second-order valence-electron chi connectivity index (χ2n) is 10.3. The van der Waals surface area contributed by atoms with Crippen molar-refractivity contribution in [3.8, 4) is 34.1 Å². The molecule has 0 saturated carbocycles. The van der Waals surface area contributed by atoms with Crippen molar-refractivity contribution in [2.24, 2.45) is 0 Å². The molecule has 0 amide bonds. The van der Waals surface area contributed by atoms with Crippen LogP contribution in [0, 0.1) is 6.92 Å². The number of aromatic nitrogens is 6. The highest BCUT2D eigenvalue weighted by molar-refractivity contribution is 5.70. The van der Waals surface area contributed by atoms with Crippen LogP contribution in [-0.4, -0.2) is 58.0 Å². The molecule has 1 fully saturated rings. The number of imidazole rings is 1. The normalized spacial score (nSPS) is 21.2. The maximum absolute atomic E-state index is 15.0. The Balaban J connectivity index is 1.35. The number of nitrogens with zero attached hydrogens (tertiary/aromatic N) is 6. The topological polar surface area (TPSA) is 110 Å². The van der Waals surface area contributed by atoms with E-state index in [-0.39, 0.29) is 22.9 Å². The van der Waals surface area contributed by atoms with Gasteiger partial charge in [-0.25, -0.2) is 19.3 Å². The molecule has 4 aromatic heterocycles. The van der Waals surface area contributed by atoms with Gasteiger partial charge in [-0.05, 0) is 46.8 Å². The van der Waals surface area contributed by atoms with E-state index in [1.54, 1.807) is 30.6 Å².